The number of hydrogen-bond acceptors (Lipinski definition) is 3. The third-order valence-corrected chi connectivity index (χ3v) is 2.35. The van der Waals surface area contributed by atoms with Crippen LogP contribution in [0.5, 0.6) is 0 Å². The molecular weight excluding hydrogens is 169 g/mol. The minimum atomic E-state index is -0.582. The van der Waals surface area contributed by atoms with Crippen molar-refractivity contribution in [1.29, 1.82) is 0 Å². The van der Waals surface area contributed by atoms with E-state index in [9.17, 15) is 4.39 Å². The highest BCUT2D eigenvalue weighted by atomic mass is 19.1. The second-order valence-corrected chi connectivity index (χ2v) is 3.30. The molecule has 13 heavy (non-hydrogen) atoms. The normalized spacial score (nSPS) is 22.1. The lowest BCUT2D eigenvalue weighted by molar-refractivity contribution is 0.580. The van der Waals surface area contributed by atoms with Crippen LogP contribution in [0.3, 0.4) is 0 Å². The summed E-state index contributed by atoms with van der Waals surface area (Å²) in [6.07, 6.45) is 3.78. The Kier molecular flexibility index (Phi) is 2.14. The number of nitrogen functional groups attached to an aromatic ring is 1. The fraction of sp³-hybridized carbons (Fsp3) is 0.444. The van der Waals surface area contributed by atoms with E-state index in [4.69, 9.17) is 5.73 Å². The van der Waals surface area contributed by atoms with Crippen molar-refractivity contribution in [2.75, 3.05) is 12.3 Å². The van der Waals surface area contributed by atoms with Crippen molar-refractivity contribution in [2.24, 2.45) is 0 Å². The maximum absolute atomic E-state index is 12.7. The minimum absolute atomic E-state index is 0.131. The molecule has 0 bridgehead atoms. The first-order valence-corrected chi connectivity index (χ1v) is 4.41. The third-order valence-electron chi connectivity index (χ3n) is 2.35. The molecule has 0 aliphatic carbocycles. The molecule has 1 atom stereocenters. The number of nitrogens with two attached hydrogens (primary N) is 1. The number of nitrogens with zero attached hydrogens (tertiary/aromatic N) is 1. The molecule has 1 aromatic heterocycles. The SMILES string of the molecule is Nc1cc([C@H]2CCCN2)cnc1F. The lowest BCUT2D eigenvalue weighted by atomic mass is 10.1. The van der Waals surface area contributed by atoms with E-state index < -0.39 is 5.95 Å². The molecule has 0 aromatic carbocycles. The zero-order valence-electron chi connectivity index (χ0n) is 7.26. The number of pyridine rings is 1. The van der Waals surface area contributed by atoms with Crippen LogP contribution < -0.4 is 11.1 Å². The van der Waals surface area contributed by atoms with Crippen LogP contribution in [0, 0.1) is 5.95 Å². The average molecular weight is 181 g/mol. The Hall–Kier alpha value is -1.16. The first-order valence-electron chi connectivity index (χ1n) is 4.41. The molecule has 0 spiro atoms. The summed E-state index contributed by atoms with van der Waals surface area (Å²) in [6, 6.07) is 1.96. The molecule has 0 radical (unpaired) electrons. The standard InChI is InChI=1S/C9H12FN3/c10-9-7(11)4-6(5-13-9)8-2-1-3-12-8/h4-5,8,12H,1-3,11H2/t8-/m1/s1. The van der Waals surface area contributed by atoms with E-state index in [-0.39, 0.29) is 5.69 Å². The summed E-state index contributed by atoms with van der Waals surface area (Å²) in [4.78, 5) is 3.59. The molecule has 1 saturated heterocycles. The zero-order chi connectivity index (χ0) is 9.26. The topological polar surface area (TPSA) is 50.9 Å². The van der Waals surface area contributed by atoms with Gasteiger partial charge in [-0.05, 0) is 31.0 Å². The van der Waals surface area contributed by atoms with Crippen molar-refractivity contribution >= 4 is 5.69 Å². The number of hydrogen-bond donors (Lipinski definition) is 2. The fourth-order valence-corrected chi connectivity index (χ4v) is 1.64. The molecule has 4 heteroatoms. The van der Waals surface area contributed by atoms with E-state index in [1.165, 1.54) is 0 Å². The number of aromatic nitrogens is 1. The van der Waals surface area contributed by atoms with Gasteiger partial charge in [0, 0.05) is 12.2 Å². The van der Waals surface area contributed by atoms with Crippen LogP contribution in [0.15, 0.2) is 12.3 Å². The van der Waals surface area contributed by atoms with Gasteiger partial charge in [-0.15, -0.1) is 0 Å². The molecule has 0 amide bonds. The molecule has 1 aliphatic heterocycles. The van der Waals surface area contributed by atoms with Gasteiger partial charge in [-0.2, -0.15) is 4.39 Å². The average Bonchev–Trinajstić information content (AvgIpc) is 2.62. The Morgan fingerprint density at radius 3 is 3.08 bits per heavy atom. The Morgan fingerprint density at radius 2 is 2.46 bits per heavy atom. The van der Waals surface area contributed by atoms with Crippen molar-refractivity contribution in [2.45, 2.75) is 18.9 Å². The Bertz CT molecular complexity index is 308. The number of anilines is 1. The molecule has 1 fully saturated rings. The highest BCUT2D eigenvalue weighted by Gasteiger charge is 2.17. The molecule has 2 rings (SSSR count). The van der Waals surface area contributed by atoms with E-state index in [1.54, 1.807) is 12.3 Å². The Morgan fingerprint density at radius 1 is 1.62 bits per heavy atom. The van der Waals surface area contributed by atoms with Crippen LogP contribution >= 0.6 is 0 Å². The van der Waals surface area contributed by atoms with Crippen molar-refractivity contribution < 1.29 is 4.39 Å². The van der Waals surface area contributed by atoms with Crippen LogP contribution in [-0.2, 0) is 0 Å². The highest BCUT2D eigenvalue weighted by Crippen LogP contribution is 2.24. The van der Waals surface area contributed by atoms with Crippen molar-refractivity contribution in [1.82, 2.24) is 10.3 Å². The molecule has 70 valence electrons. The second-order valence-electron chi connectivity index (χ2n) is 3.30. The summed E-state index contributed by atoms with van der Waals surface area (Å²) in [7, 11) is 0. The van der Waals surface area contributed by atoms with Crippen molar-refractivity contribution in [3.63, 3.8) is 0 Å². The first kappa shape index (κ1) is 8.44. The number of nitrogens with one attached hydrogen (secondary N) is 1. The van der Waals surface area contributed by atoms with Gasteiger partial charge in [0.1, 0.15) is 0 Å². The Balaban J connectivity index is 2.25. The maximum atomic E-state index is 12.7. The second kappa shape index (κ2) is 3.30. The van der Waals surface area contributed by atoms with Gasteiger partial charge in [0.15, 0.2) is 0 Å². The minimum Gasteiger partial charge on any atom is -0.395 e. The Labute approximate surface area is 76.2 Å². The van der Waals surface area contributed by atoms with Gasteiger partial charge in [-0.25, -0.2) is 4.98 Å². The van der Waals surface area contributed by atoms with Gasteiger partial charge in [0.2, 0.25) is 5.95 Å². The summed E-state index contributed by atoms with van der Waals surface area (Å²) in [6.45, 7) is 1.02. The summed E-state index contributed by atoms with van der Waals surface area (Å²) in [5.41, 5.74) is 6.54. The van der Waals surface area contributed by atoms with Crippen molar-refractivity contribution in [3.8, 4) is 0 Å². The van der Waals surface area contributed by atoms with Gasteiger partial charge >= 0.3 is 0 Å². The largest absolute Gasteiger partial charge is 0.395 e. The quantitative estimate of drug-likeness (QED) is 0.640. The van der Waals surface area contributed by atoms with Crippen LogP contribution in [0.25, 0.3) is 0 Å². The smallest absolute Gasteiger partial charge is 0.236 e. The van der Waals surface area contributed by atoms with Crippen LogP contribution in [0.2, 0.25) is 0 Å². The lowest BCUT2D eigenvalue weighted by Crippen LogP contribution is -2.13. The summed E-state index contributed by atoms with van der Waals surface area (Å²) in [5, 5.41) is 3.30. The molecule has 2 heterocycles. The van der Waals surface area contributed by atoms with E-state index >= 15 is 0 Å². The van der Waals surface area contributed by atoms with Gasteiger partial charge in [0.05, 0.1) is 5.69 Å². The lowest BCUT2D eigenvalue weighted by Gasteiger charge is -2.10. The predicted molar refractivity (Wildman–Crippen MR) is 48.6 cm³/mol. The number of halogens is 1. The van der Waals surface area contributed by atoms with Gasteiger partial charge in [-0.1, -0.05) is 0 Å². The van der Waals surface area contributed by atoms with Gasteiger partial charge in [0.25, 0.3) is 0 Å². The molecule has 1 aromatic rings. The molecule has 0 saturated carbocycles. The molecule has 3 nitrogen and oxygen atoms in total. The monoisotopic (exact) mass is 181 g/mol. The van der Waals surface area contributed by atoms with E-state index in [1.807, 2.05) is 0 Å². The number of rotatable bonds is 1. The van der Waals surface area contributed by atoms with Crippen LogP contribution in [0.4, 0.5) is 10.1 Å². The zero-order valence-corrected chi connectivity index (χ0v) is 7.26. The molecular formula is C9H12FN3. The fourth-order valence-electron chi connectivity index (χ4n) is 1.64. The predicted octanol–water partition coefficient (Wildman–Crippen LogP) is 1.23. The maximum Gasteiger partial charge on any atom is 0.236 e. The summed E-state index contributed by atoms with van der Waals surface area (Å²) < 4.78 is 12.7. The van der Waals surface area contributed by atoms with Crippen molar-refractivity contribution in [3.05, 3.63) is 23.8 Å². The highest BCUT2D eigenvalue weighted by molar-refractivity contribution is 5.39. The molecule has 0 unspecified atom stereocenters. The molecule has 1 aliphatic rings. The molecule has 3 N–H and O–H groups in total. The first-order chi connectivity index (χ1) is 6.27. The third kappa shape index (κ3) is 1.62. The summed E-state index contributed by atoms with van der Waals surface area (Å²) in [5.74, 6) is -0.582. The van der Waals surface area contributed by atoms with E-state index in [0.29, 0.717) is 6.04 Å². The van der Waals surface area contributed by atoms with Gasteiger partial charge in [-0.3, -0.25) is 0 Å². The van der Waals surface area contributed by atoms with Gasteiger partial charge < -0.3 is 11.1 Å². The summed E-state index contributed by atoms with van der Waals surface area (Å²) >= 11 is 0. The van der Waals surface area contributed by atoms with E-state index in [0.717, 1.165) is 24.9 Å². The van der Waals surface area contributed by atoms with E-state index in [2.05, 4.69) is 10.3 Å². The van der Waals surface area contributed by atoms with Crippen LogP contribution in [0.1, 0.15) is 24.4 Å². The van der Waals surface area contributed by atoms with Crippen LogP contribution in [-0.4, -0.2) is 11.5 Å².